The zero-order valence-electron chi connectivity index (χ0n) is 10.9. The number of aliphatic hydroxyl groups excluding tert-OH is 1. The molecule has 98 valence electrons. The molecule has 1 aliphatic carbocycles. The van der Waals surface area contributed by atoms with Gasteiger partial charge < -0.3 is 10.4 Å². The largest absolute Gasteiger partial charge is 0.396 e. The van der Waals surface area contributed by atoms with Crippen molar-refractivity contribution in [3.8, 4) is 0 Å². The Labute approximate surface area is 108 Å². The molecule has 1 aromatic rings. The van der Waals surface area contributed by atoms with E-state index in [0.29, 0.717) is 6.54 Å². The highest BCUT2D eigenvalue weighted by molar-refractivity contribution is 5.84. The summed E-state index contributed by atoms with van der Waals surface area (Å²) in [6.45, 7) is 2.59. The summed E-state index contributed by atoms with van der Waals surface area (Å²) in [6.07, 6.45) is 3.08. The lowest BCUT2D eigenvalue weighted by atomic mass is 9.82. The van der Waals surface area contributed by atoms with E-state index in [-0.39, 0.29) is 24.3 Å². The molecule has 2 unspecified atom stereocenters. The molecular weight excluding hydrogens is 226 g/mol. The lowest BCUT2D eigenvalue weighted by molar-refractivity contribution is -0.123. The summed E-state index contributed by atoms with van der Waals surface area (Å²) in [5, 5.41) is 11.9. The second-order valence-electron chi connectivity index (χ2n) is 5.18. The average molecular weight is 247 g/mol. The van der Waals surface area contributed by atoms with Gasteiger partial charge in [0.2, 0.25) is 5.91 Å². The fraction of sp³-hybridized carbons (Fsp3) is 0.533. The Hall–Kier alpha value is -1.35. The molecule has 18 heavy (non-hydrogen) atoms. The molecule has 1 aromatic carbocycles. The van der Waals surface area contributed by atoms with E-state index in [1.54, 1.807) is 0 Å². The van der Waals surface area contributed by atoms with Gasteiger partial charge in [-0.15, -0.1) is 0 Å². The molecule has 0 radical (unpaired) electrons. The molecule has 2 rings (SSSR count). The topological polar surface area (TPSA) is 49.3 Å². The minimum absolute atomic E-state index is 0.0131. The molecule has 1 amide bonds. The predicted molar refractivity (Wildman–Crippen MR) is 71.4 cm³/mol. The van der Waals surface area contributed by atoms with Gasteiger partial charge in [0.25, 0.3) is 0 Å². The van der Waals surface area contributed by atoms with Crippen LogP contribution in [0, 0.1) is 5.92 Å². The number of fused-ring (bicyclic) bond motifs is 1. The Bertz CT molecular complexity index is 417. The van der Waals surface area contributed by atoms with Crippen LogP contribution in [0.5, 0.6) is 0 Å². The van der Waals surface area contributed by atoms with E-state index >= 15 is 0 Å². The third-order valence-electron chi connectivity index (χ3n) is 3.62. The van der Waals surface area contributed by atoms with E-state index < -0.39 is 0 Å². The van der Waals surface area contributed by atoms with Gasteiger partial charge in [-0.1, -0.05) is 31.2 Å². The van der Waals surface area contributed by atoms with Gasteiger partial charge in [0, 0.05) is 13.2 Å². The lowest BCUT2D eigenvalue weighted by Crippen LogP contribution is -2.34. The van der Waals surface area contributed by atoms with Gasteiger partial charge in [-0.05, 0) is 36.3 Å². The first kappa shape index (κ1) is 13.1. The maximum atomic E-state index is 12.2. The van der Waals surface area contributed by atoms with Crippen LogP contribution >= 0.6 is 0 Å². The number of hydrogen-bond acceptors (Lipinski definition) is 2. The Kier molecular flexibility index (Phi) is 4.37. The van der Waals surface area contributed by atoms with Gasteiger partial charge in [-0.2, -0.15) is 0 Å². The number of aliphatic hydroxyl groups is 1. The van der Waals surface area contributed by atoms with Crippen LogP contribution in [0.25, 0.3) is 0 Å². The predicted octanol–water partition coefficient (Wildman–Crippen LogP) is 1.85. The highest BCUT2D eigenvalue weighted by atomic mass is 16.3. The summed E-state index contributed by atoms with van der Waals surface area (Å²) in [6, 6.07) is 8.22. The second kappa shape index (κ2) is 6.01. The number of amides is 1. The van der Waals surface area contributed by atoms with Crippen molar-refractivity contribution in [1.29, 1.82) is 0 Å². The van der Waals surface area contributed by atoms with Crippen LogP contribution in [0.2, 0.25) is 0 Å². The van der Waals surface area contributed by atoms with Gasteiger partial charge in [-0.3, -0.25) is 4.79 Å². The summed E-state index contributed by atoms with van der Waals surface area (Å²) in [5.74, 6) is 0.205. The SMILES string of the molecule is CC(CO)CNC(=O)C1CCCc2ccccc21. The summed E-state index contributed by atoms with van der Waals surface area (Å²) in [5.41, 5.74) is 2.48. The smallest absolute Gasteiger partial charge is 0.227 e. The van der Waals surface area contributed by atoms with Crippen LogP contribution < -0.4 is 5.32 Å². The maximum Gasteiger partial charge on any atom is 0.227 e. The van der Waals surface area contributed by atoms with Gasteiger partial charge in [-0.25, -0.2) is 0 Å². The molecular formula is C15H21NO2. The van der Waals surface area contributed by atoms with Crippen LogP contribution in [0.15, 0.2) is 24.3 Å². The Morgan fingerprint density at radius 3 is 3.06 bits per heavy atom. The number of rotatable bonds is 4. The molecule has 0 bridgehead atoms. The number of aryl methyl sites for hydroxylation is 1. The molecule has 2 atom stereocenters. The molecule has 0 aliphatic heterocycles. The Morgan fingerprint density at radius 2 is 2.28 bits per heavy atom. The van der Waals surface area contributed by atoms with Crippen LogP contribution in [0.1, 0.15) is 36.8 Å². The molecule has 0 fully saturated rings. The normalized spacial score (nSPS) is 20.0. The first-order valence-electron chi connectivity index (χ1n) is 6.68. The van der Waals surface area contributed by atoms with Crippen molar-refractivity contribution in [2.24, 2.45) is 5.92 Å². The first-order valence-corrected chi connectivity index (χ1v) is 6.68. The molecule has 0 saturated carbocycles. The molecule has 3 nitrogen and oxygen atoms in total. The Morgan fingerprint density at radius 1 is 1.50 bits per heavy atom. The Balaban J connectivity index is 2.04. The zero-order chi connectivity index (χ0) is 13.0. The van der Waals surface area contributed by atoms with Gasteiger partial charge in [0.15, 0.2) is 0 Å². The molecule has 0 aromatic heterocycles. The first-order chi connectivity index (χ1) is 8.72. The second-order valence-corrected chi connectivity index (χ2v) is 5.18. The minimum Gasteiger partial charge on any atom is -0.396 e. The lowest BCUT2D eigenvalue weighted by Gasteiger charge is -2.25. The van der Waals surface area contributed by atoms with Crippen molar-refractivity contribution in [3.05, 3.63) is 35.4 Å². The fourth-order valence-electron chi connectivity index (χ4n) is 2.49. The highest BCUT2D eigenvalue weighted by Gasteiger charge is 2.25. The summed E-state index contributed by atoms with van der Waals surface area (Å²) < 4.78 is 0. The van der Waals surface area contributed by atoms with E-state index in [1.165, 1.54) is 11.1 Å². The van der Waals surface area contributed by atoms with E-state index in [9.17, 15) is 4.79 Å². The van der Waals surface area contributed by atoms with E-state index in [4.69, 9.17) is 5.11 Å². The average Bonchev–Trinajstić information content (AvgIpc) is 2.43. The van der Waals surface area contributed by atoms with Crippen molar-refractivity contribution in [2.75, 3.05) is 13.2 Å². The number of hydrogen-bond donors (Lipinski definition) is 2. The van der Waals surface area contributed by atoms with Crippen molar-refractivity contribution >= 4 is 5.91 Å². The number of carbonyl (C=O) groups excluding carboxylic acids is 1. The van der Waals surface area contributed by atoms with Crippen molar-refractivity contribution < 1.29 is 9.90 Å². The molecule has 1 aliphatic rings. The maximum absolute atomic E-state index is 12.2. The quantitative estimate of drug-likeness (QED) is 0.853. The number of carbonyl (C=O) groups is 1. The molecule has 2 N–H and O–H groups in total. The van der Waals surface area contributed by atoms with Crippen LogP contribution in [0.3, 0.4) is 0 Å². The third-order valence-corrected chi connectivity index (χ3v) is 3.62. The van der Waals surface area contributed by atoms with Crippen molar-refractivity contribution in [2.45, 2.75) is 32.1 Å². The molecule has 0 heterocycles. The van der Waals surface area contributed by atoms with Gasteiger partial charge in [0.1, 0.15) is 0 Å². The number of benzene rings is 1. The highest BCUT2D eigenvalue weighted by Crippen LogP contribution is 2.31. The van der Waals surface area contributed by atoms with Gasteiger partial charge in [0.05, 0.1) is 5.92 Å². The molecule has 0 spiro atoms. The summed E-state index contributed by atoms with van der Waals surface area (Å²) in [7, 11) is 0. The van der Waals surface area contributed by atoms with E-state index in [1.807, 2.05) is 19.1 Å². The fourth-order valence-corrected chi connectivity index (χ4v) is 2.49. The molecule has 0 saturated heterocycles. The summed E-state index contributed by atoms with van der Waals surface area (Å²) >= 11 is 0. The third kappa shape index (κ3) is 2.91. The van der Waals surface area contributed by atoms with Crippen molar-refractivity contribution in [3.63, 3.8) is 0 Å². The van der Waals surface area contributed by atoms with Crippen LogP contribution in [0.4, 0.5) is 0 Å². The standard InChI is InChI=1S/C15H21NO2/c1-11(10-17)9-16-15(18)14-8-4-6-12-5-2-3-7-13(12)14/h2-3,5,7,11,14,17H,4,6,8-10H2,1H3,(H,16,18). The van der Waals surface area contributed by atoms with E-state index in [0.717, 1.165) is 19.3 Å². The molecule has 3 heteroatoms. The monoisotopic (exact) mass is 247 g/mol. The minimum atomic E-state index is -0.0131. The summed E-state index contributed by atoms with van der Waals surface area (Å²) in [4.78, 5) is 12.2. The van der Waals surface area contributed by atoms with Crippen molar-refractivity contribution in [1.82, 2.24) is 5.32 Å². The van der Waals surface area contributed by atoms with Crippen LogP contribution in [-0.4, -0.2) is 24.2 Å². The van der Waals surface area contributed by atoms with E-state index in [2.05, 4.69) is 17.4 Å². The zero-order valence-corrected chi connectivity index (χ0v) is 10.9. The van der Waals surface area contributed by atoms with Gasteiger partial charge >= 0.3 is 0 Å². The number of nitrogens with one attached hydrogen (secondary N) is 1. The van der Waals surface area contributed by atoms with Crippen LogP contribution in [-0.2, 0) is 11.2 Å².